The number of carbonyl (C=O) groups is 1. The van der Waals surface area contributed by atoms with Gasteiger partial charge < -0.3 is 15.7 Å². The number of aliphatic hydroxyl groups excluding tert-OH is 1. The van der Waals surface area contributed by atoms with Crippen LogP contribution in [0.3, 0.4) is 0 Å². The number of hydrogen-bond donors (Lipinski definition) is 3. The van der Waals surface area contributed by atoms with Crippen LogP contribution in [0.15, 0.2) is 4.99 Å². The molecule has 0 aromatic carbocycles. The van der Waals surface area contributed by atoms with Crippen molar-refractivity contribution in [2.45, 2.75) is 77.5 Å². The molecule has 0 aromatic rings. The first-order chi connectivity index (χ1) is 10.7. The lowest BCUT2D eigenvalue weighted by Crippen LogP contribution is -2.50. The molecule has 0 aliphatic heterocycles. The minimum atomic E-state index is -0.434. The largest absolute Gasteiger partial charge is 0.391 e. The van der Waals surface area contributed by atoms with Crippen LogP contribution in [-0.4, -0.2) is 41.9 Å². The number of amides is 2. The van der Waals surface area contributed by atoms with Crippen LogP contribution >= 0.6 is 0 Å². The average Bonchev–Trinajstić information content (AvgIpc) is 2.80. The molecule has 4 atom stereocenters. The summed E-state index contributed by atoms with van der Waals surface area (Å²) >= 11 is 0. The summed E-state index contributed by atoms with van der Waals surface area (Å²) in [6.07, 6.45) is 6.39. The SMILES string of the molecule is CC1(C)CC(N=C=O)CC(C)(CNC(=O)NC2CCCC2O)C1. The molecule has 0 bridgehead atoms. The summed E-state index contributed by atoms with van der Waals surface area (Å²) in [6, 6.07) is -0.392. The van der Waals surface area contributed by atoms with E-state index in [9.17, 15) is 14.7 Å². The zero-order valence-electron chi connectivity index (χ0n) is 14.4. The second-order valence-corrected chi connectivity index (χ2v) is 8.37. The van der Waals surface area contributed by atoms with Crippen molar-refractivity contribution < 1.29 is 14.7 Å². The Balaban J connectivity index is 1.89. The molecule has 2 rings (SSSR count). The van der Waals surface area contributed by atoms with Crippen LogP contribution in [0, 0.1) is 10.8 Å². The highest BCUT2D eigenvalue weighted by Crippen LogP contribution is 2.46. The van der Waals surface area contributed by atoms with E-state index >= 15 is 0 Å². The third kappa shape index (κ3) is 5.05. The van der Waals surface area contributed by atoms with Gasteiger partial charge in [-0.15, -0.1) is 0 Å². The zero-order valence-corrected chi connectivity index (χ0v) is 14.4. The van der Waals surface area contributed by atoms with Gasteiger partial charge in [-0.05, 0) is 49.4 Å². The van der Waals surface area contributed by atoms with Crippen molar-refractivity contribution in [1.82, 2.24) is 10.6 Å². The van der Waals surface area contributed by atoms with Gasteiger partial charge in [0.1, 0.15) is 0 Å². The van der Waals surface area contributed by atoms with E-state index in [1.165, 1.54) is 0 Å². The Morgan fingerprint density at radius 1 is 1.30 bits per heavy atom. The summed E-state index contributed by atoms with van der Waals surface area (Å²) in [5.74, 6) is 0. The van der Waals surface area contributed by atoms with Crippen molar-refractivity contribution in [3.63, 3.8) is 0 Å². The van der Waals surface area contributed by atoms with Gasteiger partial charge in [0.05, 0.1) is 18.2 Å². The molecule has 0 spiro atoms. The van der Waals surface area contributed by atoms with E-state index < -0.39 is 6.10 Å². The first-order valence-corrected chi connectivity index (χ1v) is 8.52. The van der Waals surface area contributed by atoms with Crippen molar-refractivity contribution in [2.24, 2.45) is 15.8 Å². The second-order valence-electron chi connectivity index (χ2n) is 8.37. The Morgan fingerprint density at radius 2 is 2.04 bits per heavy atom. The molecule has 0 aromatic heterocycles. The molecule has 130 valence electrons. The molecule has 3 N–H and O–H groups in total. The van der Waals surface area contributed by atoms with Gasteiger partial charge in [0, 0.05) is 6.54 Å². The quantitative estimate of drug-likeness (QED) is 0.547. The number of urea groups is 1. The third-order valence-electron chi connectivity index (χ3n) is 5.13. The Labute approximate surface area is 138 Å². The molecule has 23 heavy (non-hydrogen) atoms. The first-order valence-electron chi connectivity index (χ1n) is 8.52. The fourth-order valence-electron chi connectivity index (χ4n) is 4.50. The Hall–Kier alpha value is -1.39. The van der Waals surface area contributed by atoms with E-state index in [0.29, 0.717) is 6.54 Å². The average molecular weight is 323 g/mol. The lowest BCUT2D eigenvalue weighted by atomic mass is 9.63. The molecular weight excluding hydrogens is 294 g/mol. The Morgan fingerprint density at radius 3 is 2.65 bits per heavy atom. The Kier molecular flexibility index (Phi) is 5.48. The molecule has 2 saturated carbocycles. The van der Waals surface area contributed by atoms with E-state index in [1.807, 2.05) is 0 Å². The number of aliphatic imine (C=N–C) groups is 1. The van der Waals surface area contributed by atoms with E-state index in [1.54, 1.807) is 6.08 Å². The molecule has 0 heterocycles. The minimum Gasteiger partial charge on any atom is -0.391 e. The van der Waals surface area contributed by atoms with Gasteiger partial charge in [0.25, 0.3) is 0 Å². The summed E-state index contributed by atoms with van der Waals surface area (Å²) in [7, 11) is 0. The number of carbonyl (C=O) groups excluding carboxylic acids is 2. The topological polar surface area (TPSA) is 90.8 Å². The highest BCUT2D eigenvalue weighted by Gasteiger charge is 2.41. The van der Waals surface area contributed by atoms with Crippen LogP contribution in [-0.2, 0) is 4.79 Å². The summed E-state index contributed by atoms with van der Waals surface area (Å²) in [5, 5.41) is 15.6. The number of rotatable bonds is 4. The van der Waals surface area contributed by atoms with E-state index in [0.717, 1.165) is 38.5 Å². The molecule has 6 nitrogen and oxygen atoms in total. The molecular formula is C17H29N3O3. The van der Waals surface area contributed by atoms with Crippen molar-refractivity contribution >= 4 is 12.1 Å². The summed E-state index contributed by atoms with van der Waals surface area (Å²) < 4.78 is 0. The van der Waals surface area contributed by atoms with Gasteiger partial charge in [0.2, 0.25) is 6.08 Å². The van der Waals surface area contributed by atoms with Crippen molar-refractivity contribution in [2.75, 3.05) is 6.54 Å². The number of isocyanates is 1. The van der Waals surface area contributed by atoms with Gasteiger partial charge in [-0.1, -0.05) is 20.8 Å². The standard InChI is InChI=1S/C17H29N3O3/c1-16(2)7-12(19-11-21)8-17(3,9-16)10-18-15(23)20-13-5-4-6-14(13)22/h12-14,22H,4-10H2,1-3H3,(H2,18,20,23). The fourth-order valence-corrected chi connectivity index (χ4v) is 4.50. The number of aliphatic hydroxyl groups is 1. The predicted octanol–water partition coefficient (Wildman–Crippen LogP) is 2.12. The van der Waals surface area contributed by atoms with Gasteiger partial charge in [0.15, 0.2) is 0 Å². The third-order valence-corrected chi connectivity index (χ3v) is 5.13. The second kappa shape index (κ2) is 7.02. The number of hydrogen-bond acceptors (Lipinski definition) is 4. The van der Waals surface area contributed by atoms with Crippen LogP contribution in [0.4, 0.5) is 4.79 Å². The Bertz CT molecular complexity index is 487. The maximum absolute atomic E-state index is 12.1. The first kappa shape index (κ1) is 18.0. The lowest BCUT2D eigenvalue weighted by Gasteiger charge is -2.45. The summed E-state index contributed by atoms with van der Waals surface area (Å²) in [5.41, 5.74) is -0.0176. The zero-order chi connectivity index (χ0) is 17.1. The van der Waals surface area contributed by atoms with Gasteiger partial charge in [-0.3, -0.25) is 0 Å². The molecule has 2 aliphatic carbocycles. The smallest absolute Gasteiger partial charge is 0.315 e. The van der Waals surface area contributed by atoms with E-state index in [-0.39, 0.29) is 28.9 Å². The van der Waals surface area contributed by atoms with Crippen LogP contribution in [0.2, 0.25) is 0 Å². The maximum atomic E-state index is 12.1. The monoisotopic (exact) mass is 323 g/mol. The summed E-state index contributed by atoms with van der Waals surface area (Å²) in [4.78, 5) is 26.6. The predicted molar refractivity (Wildman–Crippen MR) is 87.8 cm³/mol. The van der Waals surface area contributed by atoms with Gasteiger partial charge >= 0.3 is 6.03 Å². The van der Waals surface area contributed by atoms with Gasteiger partial charge in [-0.2, -0.15) is 0 Å². The molecule has 2 aliphatic rings. The summed E-state index contributed by atoms with van der Waals surface area (Å²) in [6.45, 7) is 7.02. The van der Waals surface area contributed by atoms with E-state index in [2.05, 4.69) is 36.4 Å². The highest BCUT2D eigenvalue weighted by molar-refractivity contribution is 5.74. The van der Waals surface area contributed by atoms with Gasteiger partial charge in [-0.25, -0.2) is 14.6 Å². The molecule has 0 radical (unpaired) electrons. The lowest BCUT2D eigenvalue weighted by molar-refractivity contribution is 0.0844. The molecule has 2 fully saturated rings. The van der Waals surface area contributed by atoms with Crippen LogP contribution < -0.4 is 10.6 Å². The molecule has 6 heteroatoms. The van der Waals surface area contributed by atoms with E-state index in [4.69, 9.17) is 0 Å². The minimum absolute atomic E-state index is 0.0252. The van der Waals surface area contributed by atoms with Crippen LogP contribution in [0.5, 0.6) is 0 Å². The fraction of sp³-hybridized carbons (Fsp3) is 0.882. The van der Waals surface area contributed by atoms with Crippen LogP contribution in [0.1, 0.15) is 59.3 Å². The molecule has 4 unspecified atom stereocenters. The molecule has 2 amide bonds. The number of nitrogens with zero attached hydrogens (tertiary/aromatic N) is 1. The van der Waals surface area contributed by atoms with Crippen molar-refractivity contribution in [3.05, 3.63) is 0 Å². The van der Waals surface area contributed by atoms with Crippen molar-refractivity contribution in [3.8, 4) is 0 Å². The number of nitrogens with one attached hydrogen (secondary N) is 2. The molecule has 0 saturated heterocycles. The normalized spacial score (nSPS) is 36.1. The highest BCUT2D eigenvalue weighted by atomic mass is 16.3. The van der Waals surface area contributed by atoms with Crippen LogP contribution in [0.25, 0.3) is 0 Å². The van der Waals surface area contributed by atoms with Crippen molar-refractivity contribution in [1.29, 1.82) is 0 Å². The maximum Gasteiger partial charge on any atom is 0.315 e.